The molecular weight excluding hydrogens is 345 g/mol. The third kappa shape index (κ3) is 4.55. The number of benzene rings is 1. The third-order valence-corrected chi connectivity index (χ3v) is 3.70. The quantitative estimate of drug-likeness (QED) is 0.771. The fourth-order valence-electron chi connectivity index (χ4n) is 2.29. The second-order valence-electron chi connectivity index (χ2n) is 5.70. The Hall–Kier alpha value is -2.45. The van der Waals surface area contributed by atoms with Gasteiger partial charge >= 0.3 is 6.18 Å². The Labute approximate surface area is 140 Å². The van der Waals surface area contributed by atoms with Gasteiger partial charge < -0.3 is 5.32 Å². The number of alkyl halides is 5. The summed E-state index contributed by atoms with van der Waals surface area (Å²) in [6.45, 7) is 3.06. The van der Waals surface area contributed by atoms with E-state index >= 15 is 0 Å². The zero-order valence-corrected chi connectivity index (χ0v) is 13.4. The molecular formula is C16H16F5N3O. The summed E-state index contributed by atoms with van der Waals surface area (Å²) in [5.74, 6) is -1.15. The molecule has 4 nitrogen and oxygen atoms in total. The average molecular weight is 361 g/mol. The number of rotatable bonds is 5. The zero-order valence-electron chi connectivity index (χ0n) is 13.4. The number of carbonyl (C=O) groups is 1. The van der Waals surface area contributed by atoms with E-state index in [0.29, 0.717) is 11.3 Å². The number of nitrogens with one attached hydrogen (secondary N) is 2. The van der Waals surface area contributed by atoms with E-state index < -0.39 is 35.7 Å². The van der Waals surface area contributed by atoms with Crippen LogP contribution in [0.15, 0.2) is 24.3 Å². The maximum absolute atomic E-state index is 12.8. The van der Waals surface area contributed by atoms with Gasteiger partial charge in [-0.3, -0.25) is 9.89 Å². The van der Waals surface area contributed by atoms with Crippen molar-refractivity contribution in [3.8, 4) is 0 Å². The minimum absolute atomic E-state index is 0.0701. The number of aromatic amines is 1. The van der Waals surface area contributed by atoms with Crippen molar-refractivity contribution < 1.29 is 26.7 Å². The van der Waals surface area contributed by atoms with Crippen LogP contribution in [0.4, 0.5) is 27.6 Å². The predicted molar refractivity (Wildman–Crippen MR) is 81.2 cm³/mol. The Balaban J connectivity index is 2.05. The average Bonchev–Trinajstić information content (AvgIpc) is 2.88. The highest BCUT2D eigenvalue weighted by Gasteiger charge is 2.30. The second-order valence-corrected chi connectivity index (χ2v) is 5.70. The zero-order chi connectivity index (χ0) is 18.8. The molecule has 2 rings (SSSR count). The number of amides is 1. The normalized spacial score (nSPS) is 13.1. The summed E-state index contributed by atoms with van der Waals surface area (Å²) in [6, 6.07) is 4.46. The van der Waals surface area contributed by atoms with E-state index in [9.17, 15) is 26.7 Å². The van der Waals surface area contributed by atoms with Gasteiger partial charge in [0.2, 0.25) is 5.91 Å². The van der Waals surface area contributed by atoms with Crippen LogP contribution in [0.5, 0.6) is 0 Å². The van der Waals surface area contributed by atoms with Crippen LogP contribution in [-0.4, -0.2) is 16.1 Å². The molecule has 0 radical (unpaired) electrons. The van der Waals surface area contributed by atoms with E-state index in [4.69, 9.17) is 0 Å². The largest absolute Gasteiger partial charge is 0.416 e. The SMILES string of the molecule is Cc1[nH]nc(C(F)F)c1NC(=O)C(C)Cc1ccc(C(F)(F)F)cc1. The highest BCUT2D eigenvalue weighted by molar-refractivity contribution is 5.93. The van der Waals surface area contributed by atoms with Gasteiger partial charge in [0.05, 0.1) is 16.9 Å². The Morgan fingerprint density at radius 3 is 2.36 bits per heavy atom. The molecule has 0 aliphatic carbocycles. The molecule has 0 saturated carbocycles. The molecule has 9 heteroatoms. The van der Waals surface area contributed by atoms with Crippen LogP contribution in [0.2, 0.25) is 0 Å². The summed E-state index contributed by atoms with van der Waals surface area (Å²) in [5, 5.41) is 8.23. The molecule has 1 aromatic heterocycles. The molecule has 0 saturated heterocycles. The van der Waals surface area contributed by atoms with Crippen molar-refractivity contribution in [1.82, 2.24) is 10.2 Å². The summed E-state index contributed by atoms with van der Waals surface area (Å²) in [5.41, 5.74) is -0.560. The number of hydrogen-bond acceptors (Lipinski definition) is 2. The first-order valence-electron chi connectivity index (χ1n) is 7.39. The number of hydrogen-bond donors (Lipinski definition) is 2. The summed E-state index contributed by atoms with van der Waals surface area (Å²) < 4.78 is 63.3. The number of carbonyl (C=O) groups excluding carboxylic acids is 1. The number of halogens is 5. The minimum atomic E-state index is -4.42. The number of aromatic nitrogens is 2. The van der Waals surface area contributed by atoms with Crippen molar-refractivity contribution in [3.05, 3.63) is 46.8 Å². The fourth-order valence-corrected chi connectivity index (χ4v) is 2.29. The number of anilines is 1. The number of H-pyrrole nitrogens is 1. The molecule has 0 aliphatic heterocycles. The van der Waals surface area contributed by atoms with Crippen molar-refractivity contribution in [2.45, 2.75) is 32.9 Å². The standard InChI is InChI=1S/C16H16F5N3O/c1-8(7-10-3-5-11(6-4-10)16(19,20)21)15(25)22-12-9(2)23-24-13(12)14(17)18/h3-6,8,14H,7H2,1-2H3,(H,22,25)(H,23,24). The van der Waals surface area contributed by atoms with E-state index in [0.717, 1.165) is 12.1 Å². The maximum atomic E-state index is 12.8. The molecule has 0 spiro atoms. The van der Waals surface area contributed by atoms with E-state index in [1.54, 1.807) is 6.92 Å². The fraction of sp³-hybridized carbons (Fsp3) is 0.375. The van der Waals surface area contributed by atoms with Crippen LogP contribution in [0.25, 0.3) is 0 Å². The summed E-state index contributed by atoms with van der Waals surface area (Å²) in [6.07, 6.45) is -7.10. The molecule has 2 N–H and O–H groups in total. The molecule has 1 amide bonds. The monoisotopic (exact) mass is 361 g/mol. The van der Waals surface area contributed by atoms with Crippen LogP contribution in [-0.2, 0) is 17.4 Å². The van der Waals surface area contributed by atoms with Gasteiger partial charge in [-0.25, -0.2) is 8.78 Å². The summed E-state index contributed by atoms with van der Waals surface area (Å²) in [7, 11) is 0. The van der Waals surface area contributed by atoms with Gasteiger partial charge in [-0.1, -0.05) is 19.1 Å². The van der Waals surface area contributed by atoms with Crippen LogP contribution >= 0.6 is 0 Å². The van der Waals surface area contributed by atoms with Gasteiger partial charge in [0, 0.05) is 5.92 Å². The van der Waals surface area contributed by atoms with E-state index in [1.807, 2.05) is 0 Å². The number of aryl methyl sites for hydroxylation is 1. The second kappa shape index (κ2) is 7.20. The van der Waals surface area contributed by atoms with Crippen LogP contribution < -0.4 is 5.32 Å². The van der Waals surface area contributed by atoms with Crippen molar-refractivity contribution in [2.24, 2.45) is 5.92 Å². The van der Waals surface area contributed by atoms with Gasteiger partial charge in [-0.2, -0.15) is 18.3 Å². The van der Waals surface area contributed by atoms with Gasteiger partial charge in [0.1, 0.15) is 0 Å². The Morgan fingerprint density at radius 2 is 1.84 bits per heavy atom. The smallest absolute Gasteiger partial charge is 0.323 e. The molecule has 0 fully saturated rings. The van der Waals surface area contributed by atoms with Crippen LogP contribution in [0.1, 0.15) is 35.9 Å². The van der Waals surface area contributed by atoms with Crippen molar-refractivity contribution in [3.63, 3.8) is 0 Å². The van der Waals surface area contributed by atoms with Crippen LogP contribution in [0, 0.1) is 12.8 Å². The lowest BCUT2D eigenvalue weighted by atomic mass is 9.99. The lowest BCUT2D eigenvalue weighted by Crippen LogP contribution is -2.23. The Bertz CT molecular complexity index is 737. The maximum Gasteiger partial charge on any atom is 0.416 e. The molecule has 0 aliphatic rings. The lowest BCUT2D eigenvalue weighted by Gasteiger charge is -2.14. The molecule has 25 heavy (non-hydrogen) atoms. The predicted octanol–water partition coefficient (Wildman–Crippen LogP) is 4.49. The Kier molecular flexibility index (Phi) is 5.44. The van der Waals surface area contributed by atoms with Gasteiger partial charge in [0.15, 0.2) is 5.69 Å². The first-order chi connectivity index (χ1) is 11.6. The third-order valence-electron chi connectivity index (χ3n) is 3.70. The molecule has 1 aromatic carbocycles. The van der Waals surface area contributed by atoms with Crippen molar-refractivity contribution in [1.29, 1.82) is 0 Å². The van der Waals surface area contributed by atoms with Gasteiger partial charge in [-0.15, -0.1) is 0 Å². The first-order valence-corrected chi connectivity index (χ1v) is 7.39. The highest BCUT2D eigenvalue weighted by Crippen LogP contribution is 2.30. The van der Waals surface area contributed by atoms with E-state index in [1.165, 1.54) is 19.1 Å². The van der Waals surface area contributed by atoms with Gasteiger partial charge in [-0.05, 0) is 31.0 Å². The first kappa shape index (κ1) is 18.9. The molecule has 2 aromatic rings. The molecule has 0 bridgehead atoms. The van der Waals surface area contributed by atoms with Crippen LogP contribution in [0.3, 0.4) is 0 Å². The highest BCUT2D eigenvalue weighted by atomic mass is 19.4. The topological polar surface area (TPSA) is 57.8 Å². The van der Waals surface area contributed by atoms with Crippen molar-refractivity contribution in [2.75, 3.05) is 5.32 Å². The molecule has 1 unspecified atom stereocenters. The van der Waals surface area contributed by atoms with Crippen molar-refractivity contribution >= 4 is 11.6 Å². The summed E-state index contributed by atoms with van der Waals surface area (Å²) >= 11 is 0. The molecule has 1 atom stereocenters. The summed E-state index contributed by atoms with van der Waals surface area (Å²) in [4.78, 5) is 12.2. The minimum Gasteiger partial charge on any atom is -0.323 e. The van der Waals surface area contributed by atoms with Gasteiger partial charge in [0.25, 0.3) is 6.43 Å². The number of nitrogens with zero attached hydrogens (tertiary/aromatic N) is 1. The lowest BCUT2D eigenvalue weighted by molar-refractivity contribution is -0.137. The van der Waals surface area contributed by atoms with E-state index in [2.05, 4.69) is 15.5 Å². The molecule has 136 valence electrons. The van der Waals surface area contributed by atoms with E-state index in [-0.39, 0.29) is 12.1 Å². The molecule has 1 heterocycles. The Morgan fingerprint density at radius 1 is 1.24 bits per heavy atom.